The highest BCUT2D eigenvalue weighted by atomic mass is 35.5. The summed E-state index contributed by atoms with van der Waals surface area (Å²) in [5.74, 6) is -0.669. The Balaban J connectivity index is 1.72. The van der Waals surface area contributed by atoms with Crippen LogP contribution in [0.15, 0.2) is 52.9 Å². The molecule has 3 aromatic rings. The molecule has 3 rings (SSSR count). The second-order valence-electron chi connectivity index (χ2n) is 6.17. The van der Waals surface area contributed by atoms with Gasteiger partial charge in [-0.3, -0.25) is 9.59 Å². The normalized spacial score (nSPS) is 11.2. The van der Waals surface area contributed by atoms with E-state index in [1.54, 1.807) is 18.4 Å². The minimum atomic E-state index is -3.84. The molecule has 0 fully saturated rings. The molecule has 0 atom stereocenters. The number of carbonyl (C=O) groups excluding carboxylic acids is 2. The van der Waals surface area contributed by atoms with Crippen LogP contribution in [0.4, 0.5) is 5.69 Å². The molecule has 0 saturated heterocycles. The number of aromatic nitrogens is 1. The van der Waals surface area contributed by atoms with Crippen molar-refractivity contribution in [2.75, 3.05) is 11.9 Å². The van der Waals surface area contributed by atoms with Crippen LogP contribution < -0.4 is 15.2 Å². The molecule has 0 spiro atoms. The zero-order chi connectivity index (χ0) is 21.9. The zero-order valence-corrected chi connectivity index (χ0v) is 18.0. The van der Waals surface area contributed by atoms with Crippen LogP contribution >= 0.6 is 22.9 Å². The van der Waals surface area contributed by atoms with Crippen LogP contribution in [-0.4, -0.2) is 31.7 Å². The van der Waals surface area contributed by atoms with Crippen molar-refractivity contribution < 1.29 is 22.7 Å². The van der Waals surface area contributed by atoms with Crippen molar-refractivity contribution in [1.29, 1.82) is 0 Å². The second-order valence-corrected chi connectivity index (χ2v) is 9.06. The maximum Gasteiger partial charge on any atom is 0.262 e. The molecule has 2 aromatic carbocycles. The van der Waals surface area contributed by atoms with Gasteiger partial charge in [-0.25, -0.2) is 18.5 Å². The highest BCUT2D eigenvalue weighted by Gasteiger charge is 2.19. The fraction of sp³-hybridized carbons (Fsp3) is 0.105. The first-order chi connectivity index (χ1) is 14.1. The van der Waals surface area contributed by atoms with Crippen LogP contribution in [0.5, 0.6) is 5.75 Å². The first-order valence-corrected chi connectivity index (χ1v) is 11.3. The molecule has 0 aliphatic rings. The van der Waals surface area contributed by atoms with E-state index in [2.05, 4.69) is 10.3 Å². The number of nitrogens with zero attached hydrogens (tertiary/aromatic N) is 1. The number of aryl methyl sites for hydroxylation is 1. The number of anilines is 1. The maximum absolute atomic E-state index is 12.6. The number of sulfonamides is 1. The summed E-state index contributed by atoms with van der Waals surface area (Å²) in [4.78, 5) is 28.9. The predicted octanol–water partition coefficient (Wildman–Crippen LogP) is 3.00. The van der Waals surface area contributed by atoms with E-state index < -0.39 is 15.9 Å². The van der Waals surface area contributed by atoms with Crippen LogP contribution in [-0.2, 0) is 14.8 Å². The molecule has 1 heterocycles. The van der Waals surface area contributed by atoms with Gasteiger partial charge >= 0.3 is 0 Å². The maximum atomic E-state index is 12.6. The van der Waals surface area contributed by atoms with Crippen molar-refractivity contribution in [1.82, 2.24) is 4.98 Å². The third-order valence-corrected chi connectivity index (χ3v) is 5.89. The lowest BCUT2D eigenvalue weighted by Gasteiger charge is -2.12. The number of nitrogens with one attached hydrogen (secondary N) is 1. The molecule has 11 heteroatoms. The summed E-state index contributed by atoms with van der Waals surface area (Å²) in [6.07, 6.45) is 1.51. The van der Waals surface area contributed by atoms with Gasteiger partial charge in [0.25, 0.3) is 5.91 Å². The van der Waals surface area contributed by atoms with Gasteiger partial charge in [-0.1, -0.05) is 11.6 Å². The third-order valence-electron chi connectivity index (χ3n) is 3.97. The average molecular weight is 466 g/mol. The molecular weight excluding hydrogens is 450 g/mol. The number of carbonyl (C=O) groups is 2. The van der Waals surface area contributed by atoms with Gasteiger partial charge in [0.05, 0.1) is 10.5 Å². The van der Waals surface area contributed by atoms with Crippen molar-refractivity contribution >= 4 is 50.3 Å². The fourth-order valence-electron chi connectivity index (χ4n) is 2.54. The average Bonchev–Trinajstić information content (AvgIpc) is 3.22. The minimum absolute atomic E-state index is 0.0549. The van der Waals surface area contributed by atoms with Crippen molar-refractivity contribution in [3.63, 3.8) is 0 Å². The van der Waals surface area contributed by atoms with Gasteiger partial charge in [0, 0.05) is 22.3 Å². The van der Waals surface area contributed by atoms with E-state index in [0.29, 0.717) is 16.3 Å². The molecule has 0 unspecified atom stereocenters. The van der Waals surface area contributed by atoms with E-state index in [1.807, 2.05) is 0 Å². The largest absolute Gasteiger partial charge is 0.483 e. The second kappa shape index (κ2) is 8.92. The molecule has 30 heavy (non-hydrogen) atoms. The molecule has 0 aliphatic heterocycles. The summed E-state index contributed by atoms with van der Waals surface area (Å²) in [7, 11) is -3.84. The Labute approximate surface area is 181 Å². The Morgan fingerprint density at radius 1 is 1.23 bits per heavy atom. The predicted molar refractivity (Wildman–Crippen MR) is 114 cm³/mol. The molecule has 0 saturated carbocycles. The highest BCUT2D eigenvalue weighted by Crippen LogP contribution is 2.26. The van der Waals surface area contributed by atoms with Crippen molar-refractivity contribution in [3.8, 4) is 5.75 Å². The molecule has 1 aromatic heterocycles. The SMILES string of the molecule is Cc1cc(S(N)(=O)=O)ccc1NC(=O)COc1ccc(Cl)cc1C(=O)c1nccs1. The van der Waals surface area contributed by atoms with Crippen molar-refractivity contribution in [2.24, 2.45) is 5.14 Å². The van der Waals surface area contributed by atoms with Gasteiger partial charge in [-0.15, -0.1) is 11.3 Å². The lowest BCUT2D eigenvalue weighted by atomic mass is 10.1. The lowest BCUT2D eigenvalue weighted by molar-refractivity contribution is -0.118. The van der Waals surface area contributed by atoms with Crippen LogP contribution in [0.1, 0.15) is 20.9 Å². The molecule has 0 aliphatic carbocycles. The summed E-state index contributed by atoms with van der Waals surface area (Å²) in [6, 6.07) is 8.59. The number of ether oxygens (including phenoxy) is 1. The van der Waals surface area contributed by atoms with E-state index in [1.165, 1.54) is 47.9 Å². The van der Waals surface area contributed by atoms with Gasteiger partial charge in [-0.05, 0) is 48.9 Å². The Morgan fingerprint density at radius 2 is 2.00 bits per heavy atom. The summed E-state index contributed by atoms with van der Waals surface area (Å²) in [5.41, 5.74) is 1.12. The van der Waals surface area contributed by atoms with Crippen LogP contribution in [0.2, 0.25) is 5.02 Å². The number of halogens is 1. The molecule has 1 amide bonds. The number of nitrogens with two attached hydrogens (primary N) is 1. The van der Waals surface area contributed by atoms with E-state index in [-0.39, 0.29) is 33.6 Å². The third kappa shape index (κ3) is 5.22. The minimum Gasteiger partial charge on any atom is -0.483 e. The van der Waals surface area contributed by atoms with E-state index in [0.717, 1.165) is 0 Å². The topological polar surface area (TPSA) is 128 Å². The number of ketones is 1. The number of benzene rings is 2. The molecule has 0 radical (unpaired) electrons. The fourth-order valence-corrected chi connectivity index (χ4v) is 3.90. The van der Waals surface area contributed by atoms with Gasteiger partial charge in [0.1, 0.15) is 5.75 Å². The standard InChI is InChI=1S/C19H16ClN3O5S2/c1-11-8-13(30(21,26)27)3-4-15(11)23-17(24)10-28-16-5-2-12(20)9-14(16)18(25)19-22-6-7-29-19/h2-9H,10H2,1H3,(H,23,24)(H2,21,26,27). The van der Waals surface area contributed by atoms with Crippen LogP contribution in [0, 0.1) is 6.92 Å². The Hall–Kier alpha value is -2.79. The monoisotopic (exact) mass is 465 g/mol. The van der Waals surface area contributed by atoms with Crippen molar-refractivity contribution in [3.05, 3.63) is 69.1 Å². The number of amides is 1. The smallest absolute Gasteiger partial charge is 0.262 e. The molecule has 8 nitrogen and oxygen atoms in total. The number of thiazole rings is 1. The zero-order valence-electron chi connectivity index (χ0n) is 15.6. The molecule has 156 valence electrons. The van der Waals surface area contributed by atoms with Gasteiger partial charge in [0.2, 0.25) is 15.8 Å². The summed E-state index contributed by atoms with van der Waals surface area (Å²) in [6.45, 7) is 1.26. The Kier molecular flexibility index (Phi) is 6.52. The van der Waals surface area contributed by atoms with Crippen LogP contribution in [0.25, 0.3) is 0 Å². The van der Waals surface area contributed by atoms with Crippen LogP contribution in [0.3, 0.4) is 0 Å². The number of rotatable bonds is 7. The Morgan fingerprint density at radius 3 is 2.63 bits per heavy atom. The summed E-state index contributed by atoms with van der Waals surface area (Å²) in [5, 5.41) is 10.0. The van der Waals surface area contributed by atoms with Gasteiger partial charge in [-0.2, -0.15) is 0 Å². The number of primary sulfonamides is 1. The van der Waals surface area contributed by atoms with E-state index in [4.69, 9.17) is 21.5 Å². The lowest BCUT2D eigenvalue weighted by Crippen LogP contribution is -2.21. The summed E-state index contributed by atoms with van der Waals surface area (Å²) < 4.78 is 28.3. The molecule has 0 bridgehead atoms. The molecule has 3 N–H and O–H groups in total. The van der Waals surface area contributed by atoms with Gasteiger partial charge < -0.3 is 10.1 Å². The number of hydrogen-bond donors (Lipinski definition) is 2. The summed E-state index contributed by atoms with van der Waals surface area (Å²) >= 11 is 7.18. The highest BCUT2D eigenvalue weighted by molar-refractivity contribution is 7.89. The number of hydrogen-bond acceptors (Lipinski definition) is 7. The first kappa shape index (κ1) is 21.9. The van der Waals surface area contributed by atoms with Crippen molar-refractivity contribution in [2.45, 2.75) is 11.8 Å². The quantitative estimate of drug-likeness (QED) is 0.516. The Bertz CT molecular complexity index is 1210. The first-order valence-electron chi connectivity index (χ1n) is 8.45. The van der Waals surface area contributed by atoms with E-state index >= 15 is 0 Å². The molecular formula is C19H16ClN3O5S2. The van der Waals surface area contributed by atoms with Gasteiger partial charge in [0.15, 0.2) is 11.6 Å². The van der Waals surface area contributed by atoms with E-state index in [9.17, 15) is 18.0 Å².